The van der Waals surface area contributed by atoms with Crippen molar-refractivity contribution in [1.29, 1.82) is 0 Å². The highest BCUT2D eigenvalue weighted by Gasteiger charge is 2.19. The molecule has 0 spiro atoms. The molecular weight excluding hydrogens is 297 g/mol. The molecule has 0 amide bonds. The van der Waals surface area contributed by atoms with Gasteiger partial charge in [-0.25, -0.2) is 17.5 Å². The van der Waals surface area contributed by atoms with E-state index in [-0.39, 0.29) is 12.1 Å². The smallest absolute Gasteiger partial charge is 0.215 e. The molecule has 1 aromatic carbocycles. The first kappa shape index (κ1) is 15.7. The quantitative estimate of drug-likeness (QED) is 0.851. The van der Waals surface area contributed by atoms with Gasteiger partial charge < -0.3 is 9.15 Å². The van der Waals surface area contributed by atoms with Crippen molar-refractivity contribution in [2.75, 3.05) is 13.7 Å². The number of hydrogen-bond acceptors (Lipinski definition) is 4. The SMILES string of the molecule is COC(CNS(=O)(=O)Cc1ccccc1F)c1ccco1. The van der Waals surface area contributed by atoms with Gasteiger partial charge in [-0.2, -0.15) is 0 Å². The average molecular weight is 313 g/mol. The Balaban J connectivity index is 2.00. The van der Waals surface area contributed by atoms with Gasteiger partial charge in [-0.3, -0.25) is 0 Å². The first-order valence-electron chi connectivity index (χ1n) is 6.29. The minimum absolute atomic E-state index is 0.0147. The molecule has 0 bridgehead atoms. The predicted octanol–water partition coefficient (Wildman–Crippen LogP) is 2.23. The maximum atomic E-state index is 13.5. The Morgan fingerprint density at radius 2 is 2.05 bits per heavy atom. The van der Waals surface area contributed by atoms with Crippen molar-refractivity contribution in [3.05, 3.63) is 59.8 Å². The molecule has 0 saturated heterocycles. The predicted molar refractivity (Wildman–Crippen MR) is 75.5 cm³/mol. The van der Waals surface area contributed by atoms with Gasteiger partial charge in [-0.15, -0.1) is 0 Å². The van der Waals surface area contributed by atoms with Crippen molar-refractivity contribution >= 4 is 10.0 Å². The summed E-state index contributed by atoms with van der Waals surface area (Å²) >= 11 is 0. The molecule has 0 aliphatic rings. The Kier molecular flexibility index (Phi) is 5.11. The summed E-state index contributed by atoms with van der Waals surface area (Å²) in [4.78, 5) is 0. The molecule has 2 rings (SSSR count). The van der Waals surface area contributed by atoms with Crippen molar-refractivity contribution < 1.29 is 22.0 Å². The van der Waals surface area contributed by atoms with Crippen LogP contribution in [0.1, 0.15) is 17.4 Å². The van der Waals surface area contributed by atoms with Crippen LogP contribution < -0.4 is 4.72 Å². The van der Waals surface area contributed by atoms with Crippen LogP contribution in [0.2, 0.25) is 0 Å². The molecule has 5 nitrogen and oxygen atoms in total. The summed E-state index contributed by atoms with van der Waals surface area (Å²) in [6.07, 6.45) is 0.949. The number of methoxy groups -OCH3 is 1. The van der Waals surface area contributed by atoms with Crippen LogP contribution in [0.4, 0.5) is 4.39 Å². The molecule has 7 heteroatoms. The van der Waals surface area contributed by atoms with E-state index >= 15 is 0 Å². The van der Waals surface area contributed by atoms with Gasteiger partial charge in [0.15, 0.2) is 0 Å². The van der Waals surface area contributed by atoms with E-state index in [4.69, 9.17) is 9.15 Å². The molecular formula is C14H16FNO4S. The Labute approximate surface area is 122 Å². The van der Waals surface area contributed by atoms with Crippen molar-refractivity contribution in [3.8, 4) is 0 Å². The molecule has 2 aromatic rings. The second-order valence-electron chi connectivity index (χ2n) is 4.44. The summed E-state index contributed by atoms with van der Waals surface area (Å²) in [6, 6.07) is 9.15. The molecule has 21 heavy (non-hydrogen) atoms. The van der Waals surface area contributed by atoms with E-state index in [1.165, 1.54) is 31.6 Å². The fraction of sp³-hybridized carbons (Fsp3) is 0.286. The maximum absolute atomic E-state index is 13.5. The Bertz CT molecular complexity index is 670. The first-order chi connectivity index (χ1) is 10.0. The number of nitrogens with one attached hydrogen (secondary N) is 1. The molecule has 0 saturated carbocycles. The van der Waals surface area contributed by atoms with Gasteiger partial charge in [-0.1, -0.05) is 18.2 Å². The maximum Gasteiger partial charge on any atom is 0.215 e. The van der Waals surface area contributed by atoms with Crippen molar-refractivity contribution in [2.45, 2.75) is 11.9 Å². The standard InChI is InChI=1S/C14H16FNO4S/c1-19-14(13-7-4-8-20-13)9-16-21(17,18)10-11-5-2-3-6-12(11)15/h2-8,14,16H,9-10H2,1H3. The molecule has 1 aromatic heterocycles. The fourth-order valence-electron chi connectivity index (χ4n) is 1.85. The molecule has 0 radical (unpaired) electrons. The summed E-state index contributed by atoms with van der Waals surface area (Å²) in [7, 11) is -2.21. The van der Waals surface area contributed by atoms with E-state index in [1.54, 1.807) is 18.2 Å². The molecule has 1 heterocycles. The fourth-order valence-corrected chi connectivity index (χ4v) is 3.00. The van der Waals surface area contributed by atoms with Gasteiger partial charge in [0.2, 0.25) is 10.0 Å². The lowest BCUT2D eigenvalue weighted by molar-refractivity contribution is 0.0878. The molecule has 1 atom stereocenters. The topological polar surface area (TPSA) is 68.5 Å². The van der Waals surface area contributed by atoms with Crippen LogP contribution >= 0.6 is 0 Å². The summed E-state index contributed by atoms with van der Waals surface area (Å²) in [5.74, 6) is -0.447. The lowest BCUT2D eigenvalue weighted by Gasteiger charge is -2.14. The van der Waals surface area contributed by atoms with E-state index in [0.29, 0.717) is 5.76 Å². The number of rotatable bonds is 7. The monoisotopic (exact) mass is 313 g/mol. The van der Waals surface area contributed by atoms with Crippen LogP contribution in [0, 0.1) is 5.82 Å². The zero-order valence-electron chi connectivity index (χ0n) is 11.5. The van der Waals surface area contributed by atoms with Gasteiger partial charge >= 0.3 is 0 Å². The number of benzene rings is 1. The van der Waals surface area contributed by atoms with Crippen LogP contribution in [0.15, 0.2) is 47.1 Å². The van der Waals surface area contributed by atoms with E-state index in [9.17, 15) is 12.8 Å². The molecule has 1 N–H and O–H groups in total. The third kappa shape index (κ3) is 4.38. The van der Waals surface area contributed by atoms with Crippen LogP contribution in [-0.2, 0) is 20.5 Å². The molecule has 0 aliphatic heterocycles. The lowest BCUT2D eigenvalue weighted by Crippen LogP contribution is -2.30. The number of furan rings is 1. The number of ether oxygens (including phenoxy) is 1. The highest BCUT2D eigenvalue weighted by atomic mass is 32.2. The summed E-state index contributed by atoms with van der Waals surface area (Å²) in [6.45, 7) is 0.0147. The van der Waals surface area contributed by atoms with Gasteiger partial charge in [0.25, 0.3) is 0 Å². The Hall–Kier alpha value is -1.70. The normalized spacial score (nSPS) is 13.2. The largest absolute Gasteiger partial charge is 0.467 e. The third-order valence-electron chi connectivity index (χ3n) is 2.94. The zero-order chi connectivity index (χ0) is 15.3. The van der Waals surface area contributed by atoms with Crippen LogP contribution in [0.25, 0.3) is 0 Å². The van der Waals surface area contributed by atoms with E-state index < -0.39 is 27.7 Å². The van der Waals surface area contributed by atoms with Crippen molar-refractivity contribution in [1.82, 2.24) is 4.72 Å². The molecule has 0 aliphatic carbocycles. The highest BCUT2D eigenvalue weighted by molar-refractivity contribution is 7.88. The number of halogens is 1. The lowest BCUT2D eigenvalue weighted by atomic mass is 10.2. The average Bonchev–Trinajstić information content (AvgIpc) is 2.96. The minimum atomic E-state index is -3.67. The zero-order valence-corrected chi connectivity index (χ0v) is 12.3. The summed E-state index contributed by atoms with van der Waals surface area (Å²) < 4.78 is 50.2. The van der Waals surface area contributed by atoms with Gasteiger partial charge in [0.1, 0.15) is 17.7 Å². The van der Waals surface area contributed by atoms with Crippen LogP contribution in [-0.4, -0.2) is 22.1 Å². The Morgan fingerprint density at radius 1 is 1.29 bits per heavy atom. The molecule has 114 valence electrons. The second kappa shape index (κ2) is 6.84. The van der Waals surface area contributed by atoms with E-state index in [0.717, 1.165) is 0 Å². The highest BCUT2D eigenvalue weighted by Crippen LogP contribution is 2.17. The van der Waals surface area contributed by atoms with Crippen molar-refractivity contribution in [3.63, 3.8) is 0 Å². The second-order valence-corrected chi connectivity index (χ2v) is 6.25. The van der Waals surface area contributed by atoms with Gasteiger partial charge in [0.05, 0.1) is 12.0 Å². The van der Waals surface area contributed by atoms with Crippen LogP contribution in [0.5, 0.6) is 0 Å². The number of sulfonamides is 1. The van der Waals surface area contributed by atoms with Gasteiger partial charge in [0, 0.05) is 19.2 Å². The number of hydrogen-bond donors (Lipinski definition) is 1. The van der Waals surface area contributed by atoms with E-state index in [2.05, 4.69) is 4.72 Å². The third-order valence-corrected chi connectivity index (χ3v) is 4.23. The Morgan fingerprint density at radius 3 is 2.67 bits per heavy atom. The summed E-state index contributed by atoms with van der Waals surface area (Å²) in [5, 5.41) is 0. The first-order valence-corrected chi connectivity index (χ1v) is 7.94. The van der Waals surface area contributed by atoms with Crippen molar-refractivity contribution in [2.24, 2.45) is 0 Å². The van der Waals surface area contributed by atoms with Crippen LogP contribution in [0.3, 0.4) is 0 Å². The van der Waals surface area contributed by atoms with E-state index in [1.807, 2.05) is 0 Å². The summed E-state index contributed by atoms with van der Waals surface area (Å²) in [5.41, 5.74) is 0.122. The van der Waals surface area contributed by atoms with Gasteiger partial charge in [-0.05, 0) is 18.2 Å². The molecule has 0 fully saturated rings. The molecule has 1 unspecified atom stereocenters. The minimum Gasteiger partial charge on any atom is -0.467 e.